The second kappa shape index (κ2) is 6.68. The zero-order chi connectivity index (χ0) is 20.0. The van der Waals surface area contributed by atoms with Gasteiger partial charge >= 0.3 is 0 Å². The number of aromatic nitrogens is 3. The quantitative estimate of drug-likeness (QED) is 0.550. The molecule has 0 radical (unpaired) electrons. The van der Waals surface area contributed by atoms with Gasteiger partial charge in [0.1, 0.15) is 16.9 Å². The van der Waals surface area contributed by atoms with Crippen LogP contribution in [0.3, 0.4) is 0 Å². The third-order valence-corrected chi connectivity index (χ3v) is 4.99. The first-order valence-electron chi connectivity index (χ1n) is 8.89. The predicted octanol–water partition coefficient (Wildman–Crippen LogP) is 4.44. The van der Waals surface area contributed by atoms with Crippen LogP contribution in [-0.2, 0) is 0 Å². The van der Waals surface area contributed by atoms with Crippen molar-refractivity contribution in [1.82, 2.24) is 15.0 Å². The molecule has 0 bridgehead atoms. The Hall–Kier alpha value is -3.77. The first-order valence-corrected chi connectivity index (χ1v) is 9.27. The summed E-state index contributed by atoms with van der Waals surface area (Å²) in [6.45, 7) is 0. The largest absolute Gasteiger partial charge is 0.350 e. The molecule has 1 aromatic heterocycles. The van der Waals surface area contributed by atoms with Crippen molar-refractivity contribution in [2.75, 3.05) is 5.32 Å². The highest BCUT2D eigenvalue weighted by Crippen LogP contribution is 2.31. The van der Waals surface area contributed by atoms with Crippen LogP contribution in [-0.4, -0.2) is 26.6 Å². The number of nitrogens with one attached hydrogen (secondary N) is 1. The van der Waals surface area contributed by atoms with E-state index in [1.807, 2.05) is 12.1 Å². The number of halogens is 1. The van der Waals surface area contributed by atoms with Crippen LogP contribution in [0.2, 0.25) is 5.02 Å². The number of allylic oxidation sites excluding steroid dienone is 2. The highest BCUT2D eigenvalue weighted by molar-refractivity contribution is 6.38. The zero-order valence-corrected chi connectivity index (χ0v) is 15.7. The fraction of sp³-hybridized carbons (Fsp3) is 0. The van der Waals surface area contributed by atoms with Gasteiger partial charge in [-0.25, -0.2) is 4.68 Å². The molecule has 6 nitrogen and oxygen atoms in total. The number of ketones is 2. The Balaban J connectivity index is 1.77. The van der Waals surface area contributed by atoms with Gasteiger partial charge in [-0.3, -0.25) is 9.59 Å². The van der Waals surface area contributed by atoms with Crippen LogP contribution in [0.1, 0.15) is 20.7 Å². The molecule has 1 aliphatic carbocycles. The Morgan fingerprint density at radius 3 is 2.34 bits per heavy atom. The fourth-order valence-electron chi connectivity index (χ4n) is 3.43. The molecule has 0 aliphatic heterocycles. The standard InChI is InChI=1S/C22H13ClN4O2/c23-13-6-5-7-14(12-13)24-19-20(27-18-11-4-3-10-17(18)25-26-27)22(29)16-9-2-1-8-15(16)21(19)28/h1-12,24H. The smallest absolute Gasteiger partial charge is 0.214 e. The number of benzene rings is 3. The summed E-state index contributed by atoms with van der Waals surface area (Å²) in [5.74, 6) is -0.602. The lowest BCUT2D eigenvalue weighted by molar-refractivity contribution is 0.0988. The van der Waals surface area contributed by atoms with E-state index in [2.05, 4.69) is 15.6 Å². The molecule has 3 aromatic carbocycles. The number of hydrogen-bond donors (Lipinski definition) is 1. The Kier molecular flexibility index (Phi) is 4.00. The maximum absolute atomic E-state index is 13.4. The minimum Gasteiger partial charge on any atom is -0.350 e. The maximum atomic E-state index is 13.4. The molecule has 4 aromatic rings. The summed E-state index contributed by atoms with van der Waals surface area (Å²) >= 11 is 6.09. The second-order valence-electron chi connectivity index (χ2n) is 6.55. The number of carbonyl (C=O) groups excluding carboxylic acids is 2. The monoisotopic (exact) mass is 400 g/mol. The number of para-hydroxylation sites is 1. The molecule has 0 amide bonds. The van der Waals surface area contributed by atoms with Gasteiger partial charge in [0.25, 0.3) is 0 Å². The van der Waals surface area contributed by atoms with Crippen LogP contribution in [0, 0.1) is 0 Å². The van der Waals surface area contributed by atoms with E-state index in [-0.39, 0.29) is 23.0 Å². The molecule has 5 rings (SSSR count). The van der Waals surface area contributed by atoms with Crippen LogP contribution in [0.25, 0.3) is 16.7 Å². The minimum absolute atomic E-state index is 0.127. The number of rotatable bonds is 3. The molecule has 0 fully saturated rings. The fourth-order valence-corrected chi connectivity index (χ4v) is 3.62. The minimum atomic E-state index is -0.305. The molecular weight excluding hydrogens is 388 g/mol. The van der Waals surface area contributed by atoms with E-state index < -0.39 is 0 Å². The lowest BCUT2D eigenvalue weighted by atomic mass is 9.90. The molecule has 1 N–H and O–H groups in total. The molecule has 140 valence electrons. The van der Waals surface area contributed by atoms with E-state index in [1.54, 1.807) is 60.7 Å². The normalized spacial score (nSPS) is 13.7. The summed E-state index contributed by atoms with van der Waals surface area (Å²) in [6.07, 6.45) is 0. The number of fused-ring (bicyclic) bond motifs is 2. The summed E-state index contributed by atoms with van der Waals surface area (Å²) in [5, 5.41) is 11.9. The van der Waals surface area contributed by atoms with Gasteiger partial charge < -0.3 is 5.32 Å². The Bertz CT molecular complexity index is 1340. The first-order chi connectivity index (χ1) is 14.1. The van der Waals surface area contributed by atoms with Crippen LogP contribution < -0.4 is 5.32 Å². The highest BCUT2D eigenvalue weighted by Gasteiger charge is 2.34. The third kappa shape index (κ3) is 2.81. The molecule has 0 spiro atoms. The first kappa shape index (κ1) is 17.3. The third-order valence-electron chi connectivity index (χ3n) is 4.75. The summed E-state index contributed by atoms with van der Waals surface area (Å²) in [6, 6.07) is 21.0. The molecule has 0 saturated carbocycles. The van der Waals surface area contributed by atoms with Gasteiger partial charge in [-0.2, -0.15) is 0 Å². The van der Waals surface area contributed by atoms with Gasteiger partial charge in [-0.05, 0) is 30.3 Å². The SMILES string of the molecule is O=C1C(Nc2cccc(Cl)c2)=C(n2nnc3ccccc32)C(=O)c2ccccc21. The molecule has 0 unspecified atom stereocenters. The van der Waals surface area contributed by atoms with Gasteiger partial charge in [-0.1, -0.05) is 59.3 Å². The van der Waals surface area contributed by atoms with E-state index in [0.717, 1.165) is 0 Å². The summed E-state index contributed by atoms with van der Waals surface area (Å²) in [4.78, 5) is 26.7. The molecule has 0 atom stereocenters. The van der Waals surface area contributed by atoms with E-state index in [1.165, 1.54) is 4.68 Å². The van der Waals surface area contributed by atoms with Gasteiger partial charge in [0.05, 0.1) is 5.52 Å². The van der Waals surface area contributed by atoms with Crippen LogP contribution >= 0.6 is 11.6 Å². The summed E-state index contributed by atoms with van der Waals surface area (Å²) < 4.78 is 1.42. The van der Waals surface area contributed by atoms with Crippen molar-refractivity contribution in [3.8, 4) is 0 Å². The van der Waals surface area contributed by atoms with E-state index in [0.29, 0.717) is 32.9 Å². The Labute approximate surface area is 170 Å². The predicted molar refractivity (Wildman–Crippen MR) is 111 cm³/mol. The lowest BCUT2D eigenvalue weighted by Gasteiger charge is -2.22. The molecule has 7 heteroatoms. The number of anilines is 1. The van der Waals surface area contributed by atoms with Crippen LogP contribution in [0.15, 0.2) is 78.5 Å². The summed E-state index contributed by atoms with van der Waals surface area (Å²) in [7, 11) is 0. The number of hydrogen-bond acceptors (Lipinski definition) is 5. The molecule has 1 aliphatic rings. The molecule has 29 heavy (non-hydrogen) atoms. The molecule has 1 heterocycles. The van der Waals surface area contributed by atoms with Crippen molar-refractivity contribution in [3.05, 3.63) is 94.6 Å². The lowest BCUT2D eigenvalue weighted by Crippen LogP contribution is -2.28. The highest BCUT2D eigenvalue weighted by atomic mass is 35.5. The van der Waals surface area contributed by atoms with Crippen LogP contribution in [0.4, 0.5) is 5.69 Å². The van der Waals surface area contributed by atoms with Gasteiger partial charge in [0.2, 0.25) is 11.6 Å². The van der Waals surface area contributed by atoms with Crippen LogP contribution in [0.5, 0.6) is 0 Å². The van der Waals surface area contributed by atoms with Gasteiger partial charge in [0, 0.05) is 21.8 Å². The van der Waals surface area contributed by atoms with Gasteiger partial charge in [0.15, 0.2) is 0 Å². The van der Waals surface area contributed by atoms with E-state index in [9.17, 15) is 9.59 Å². The molecular formula is C22H13ClN4O2. The summed E-state index contributed by atoms with van der Waals surface area (Å²) in [5.41, 5.74) is 2.79. The van der Waals surface area contributed by atoms with Crippen molar-refractivity contribution in [2.24, 2.45) is 0 Å². The number of carbonyl (C=O) groups is 2. The number of nitrogens with zero attached hydrogens (tertiary/aromatic N) is 3. The van der Waals surface area contributed by atoms with Crippen molar-refractivity contribution < 1.29 is 9.59 Å². The Morgan fingerprint density at radius 1 is 0.828 bits per heavy atom. The van der Waals surface area contributed by atoms with E-state index in [4.69, 9.17) is 11.6 Å². The average Bonchev–Trinajstić information content (AvgIpc) is 3.16. The Morgan fingerprint density at radius 2 is 1.55 bits per heavy atom. The number of Topliss-reactive ketones (excluding diaryl/α,β-unsaturated/α-hetero) is 2. The van der Waals surface area contributed by atoms with E-state index >= 15 is 0 Å². The van der Waals surface area contributed by atoms with Gasteiger partial charge in [-0.15, -0.1) is 5.10 Å². The van der Waals surface area contributed by atoms with Crippen molar-refractivity contribution >= 4 is 45.6 Å². The molecule has 0 saturated heterocycles. The second-order valence-corrected chi connectivity index (χ2v) is 6.99. The maximum Gasteiger partial charge on any atom is 0.214 e. The van der Waals surface area contributed by atoms with Crippen molar-refractivity contribution in [1.29, 1.82) is 0 Å². The van der Waals surface area contributed by atoms with Crippen molar-refractivity contribution in [2.45, 2.75) is 0 Å². The average molecular weight is 401 g/mol. The van der Waals surface area contributed by atoms with Crippen molar-refractivity contribution in [3.63, 3.8) is 0 Å². The zero-order valence-electron chi connectivity index (χ0n) is 15.0. The topological polar surface area (TPSA) is 76.9 Å².